The number of carbonyl (C=O) groups is 1. The molecule has 0 bridgehead atoms. The molecule has 0 aliphatic heterocycles. The Kier molecular flexibility index (Phi) is 13.0. The van der Waals surface area contributed by atoms with Crippen molar-refractivity contribution in [3.63, 3.8) is 0 Å². The van der Waals surface area contributed by atoms with E-state index >= 15 is 0 Å². The molecule has 0 fully saturated rings. The zero-order valence-corrected chi connectivity index (χ0v) is 12.8. The summed E-state index contributed by atoms with van der Waals surface area (Å²) in [5.41, 5.74) is 0. The summed E-state index contributed by atoms with van der Waals surface area (Å²) in [5.74, 6) is 0.798. The molecule has 0 N–H and O–H groups in total. The molecule has 0 aliphatic rings. The summed E-state index contributed by atoms with van der Waals surface area (Å²) >= 11 is 5.62. The number of hydrogen-bond acceptors (Lipinski definition) is 2. The highest BCUT2D eigenvalue weighted by Gasteiger charge is 2.10. The summed E-state index contributed by atoms with van der Waals surface area (Å²) in [6, 6.07) is 0. The van der Waals surface area contributed by atoms with E-state index < -0.39 is 0 Å². The summed E-state index contributed by atoms with van der Waals surface area (Å²) in [6.07, 6.45) is 10.6. The summed E-state index contributed by atoms with van der Waals surface area (Å²) in [6.45, 7) is 4.52. The fraction of sp³-hybridized carbons (Fsp3) is 0.933. The first-order chi connectivity index (χ1) is 8.72. The second kappa shape index (κ2) is 13.2. The lowest BCUT2D eigenvalue weighted by Gasteiger charge is -2.08. The minimum absolute atomic E-state index is 0.0430. The first-order valence-electron chi connectivity index (χ1n) is 7.45. The van der Waals surface area contributed by atoms with E-state index in [1.807, 2.05) is 13.8 Å². The molecular weight excluding hydrogens is 248 g/mol. The van der Waals surface area contributed by atoms with Gasteiger partial charge in [-0.25, -0.2) is 0 Å². The molecule has 3 heteroatoms. The number of ether oxygens (including phenoxy) is 1. The van der Waals surface area contributed by atoms with Crippen LogP contribution < -0.4 is 0 Å². The summed E-state index contributed by atoms with van der Waals surface area (Å²) < 4.78 is 5.20. The lowest BCUT2D eigenvalue weighted by Crippen LogP contribution is -2.14. The maximum Gasteiger partial charge on any atom is 0.308 e. The molecule has 18 heavy (non-hydrogen) atoms. The van der Waals surface area contributed by atoms with E-state index in [4.69, 9.17) is 16.3 Å². The molecule has 0 aliphatic carbocycles. The van der Waals surface area contributed by atoms with E-state index in [1.54, 1.807) is 0 Å². The van der Waals surface area contributed by atoms with Crippen molar-refractivity contribution in [2.75, 3.05) is 12.5 Å². The largest absolute Gasteiger partial charge is 0.465 e. The van der Waals surface area contributed by atoms with E-state index in [-0.39, 0.29) is 11.9 Å². The molecule has 0 saturated carbocycles. The third kappa shape index (κ3) is 10.9. The van der Waals surface area contributed by atoms with Crippen LogP contribution in [-0.4, -0.2) is 18.5 Å². The van der Waals surface area contributed by atoms with E-state index in [9.17, 15) is 4.79 Å². The molecule has 108 valence electrons. The Morgan fingerprint density at radius 3 is 2.00 bits per heavy atom. The van der Waals surface area contributed by atoms with Crippen molar-refractivity contribution in [2.45, 2.75) is 71.6 Å². The highest BCUT2D eigenvalue weighted by Crippen LogP contribution is 2.09. The second-order valence-electron chi connectivity index (χ2n) is 4.99. The Morgan fingerprint density at radius 2 is 1.50 bits per heavy atom. The molecule has 0 heterocycles. The van der Waals surface area contributed by atoms with Gasteiger partial charge in [0.2, 0.25) is 0 Å². The van der Waals surface area contributed by atoms with Gasteiger partial charge >= 0.3 is 5.97 Å². The summed E-state index contributed by atoms with van der Waals surface area (Å²) in [7, 11) is 0. The van der Waals surface area contributed by atoms with Gasteiger partial charge in [0.25, 0.3) is 0 Å². The Hall–Kier alpha value is -0.240. The number of halogens is 1. The van der Waals surface area contributed by atoms with Gasteiger partial charge < -0.3 is 4.74 Å². The third-order valence-corrected chi connectivity index (χ3v) is 3.55. The Balaban J connectivity index is 3.14. The number of alkyl halides is 1. The van der Waals surface area contributed by atoms with Gasteiger partial charge in [-0.3, -0.25) is 4.79 Å². The quantitative estimate of drug-likeness (QED) is 0.287. The van der Waals surface area contributed by atoms with Crippen LogP contribution in [0.4, 0.5) is 0 Å². The van der Waals surface area contributed by atoms with E-state index in [1.165, 1.54) is 38.5 Å². The van der Waals surface area contributed by atoms with Crippen LogP contribution in [0.15, 0.2) is 0 Å². The van der Waals surface area contributed by atoms with Crippen LogP contribution in [0, 0.1) is 5.92 Å². The maximum absolute atomic E-state index is 11.4. The lowest BCUT2D eigenvalue weighted by molar-refractivity contribution is -0.148. The number of carbonyl (C=O) groups excluding carboxylic acids is 1. The molecule has 1 unspecified atom stereocenters. The van der Waals surface area contributed by atoms with Crippen molar-refractivity contribution >= 4 is 17.6 Å². The van der Waals surface area contributed by atoms with Crippen LogP contribution in [0.2, 0.25) is 0 Å². The van der Waals surface area contributed by atoms with Gasteiger partial charge in [0.05, 0.1) is 12.5 Å². The van der Waals surface area contributed by atoms with Crippen LogP contribution in [0.5, 0.6) is 0 Å². The van der Waals surface area contributed by atoms with Crippen molar-refractivity contribution in [2.24, 2.45) is 5.92 Å². The molecule has 0 aromatic heterocycles. The van der Waals surface area contributed by atoms with Crippen molar-refractivity contribution in [3.05, 3.63) is 0 Å². The second-order valence-corrected chi connectivity index (χ2v) is 5.37. The lowest BCUT2D eigenvalue weighted by atomic mass is 10.1. The predicted octanol–water partition coefficient (Wildman–Crippen LogP) is 4.94. The minimum atomic E-state index is -0.0430. The highest BCUT2D eigenvalue weighted by atomic mass is 35.5. The third-order valence-electron chi connectivity index (χ3n) is 3.29. The number of esters is 1. The number of rotatable bonds is 12. The average molecular weight is 277 g/mol. The number of hydrogen-bond donors (Lipinski definition) is 0. The van der Waals surface area contributed by atoms with Crippen molar-refractivity contribution < 1.29 is 9.53 Å². The minimum Gasteiger partial charge on any atom is -0.465 e. The SMILES string of the molecule is CCC(C)C(=O)OCCCCCCCCCCCl. The smallest absolute Gasteiger partial charge is 0.308 e. The van der Waals surface area contributed by atoms with Crippen molar-refractivity contribution in [1.29, 1.82) is 0 Å². The Labute approximate surface area is 117 Å². The molecule has 0 amide bonds. The molecule has 0 radical (unpaired) electrons. The van der Waals surface area contributed by atoms with Gasteiger partial charge in [-0.15, -0.1) is 11.6 Å². The van der Waals surface area contributed by atoms with Gasteiger partial charge in [0.15, 0.2) is 0 Å². The van der Waals surface area contributed by atoms with Gasteiger partial charge in [-0.05, 0) is 19.3 Å². The average Bonchev–Trinajstić information content (AvgIpc) is 2.39. The molecule has 0 spiro atoms. The highest BCUT2D eigenvalue weighted by molar-refractivity contribution is 6.17. The van der Waals surface area contributed by atoms with Gasteiger partial charge in [0, 0.05) is 5.88 Å². The normalized spacial score (nSPS) is 12.4. The first kappa shape index (κ1) is 17.8. The van der Waals surface area contributed by atoms with Crippen LogP contribution in [-0.2, 0) is 9.53 Å². The monoisotopic (exact) mass is 276 g/mol. The van der Waals surface area contributed by atoms with E-state index in [0.717, 1.165) is 25.1 Å². The van der Waals surface area contributed by atoms with Gasteiger partial charge in [0.1, 0.15) is 0 Å². The topological polar surface area (TPSA) is 26.3 Å². The van der Waals surface area contributed by atoms with E-state index in [0.29, 0.717) is 6.61 Å². The van der Waals surface area contributed by atoms with Crippen LogP contribution >= 0.6 is 11.6 Å². The van der Waals surface area contributed by atoms with Crippen molar-refractivity contribution in [1.82, 2.24) is 0 Å². The fourth-order valence-corrected chi connectivity index (χ4v) is 1.93. The Bertz CT molecular complexity index is 195. The molecular formula is C15H29ClO2. The summed E-state index contributed by atoms with van der Waals surface area (Å²) in [4.78, 5) is 11.4. The molecule has 0 saturated heterocycles. The maximum atomic E-state index is 11.4. The zero-order valence-electron chi connectivity index (χ0n) is 12.0. The Morgan fingerprint density at radius 1 is 1.00 bits per heavy atom. The first-order valence-corrected chi connectivity index (χ1v) is 7.98. The standard InChI is InChI=1S/C15H29ClO2/c1-3-14(2)15(17)18-13-11-9-7-5-4-6-8-10-12-16/h14H,3-13H2,1-2H3. The summed E-state index contributed by atoms with van der Waals surface area (Å²) in [5, 5.41) is 0. The van der Waals surface area contributed by atoms with E-state index in [2.05, 4.69) is 0 Å². The molecule has 0 rings (SSSR count). The van der Waals surface area contributed by atoms with Crippen LogP contribution in [0.25, 0.3) is 0 Å². The predicted molar refractivity (Wildman–Crippen MR) is 78.1 cm³/mol. The molecule has 0 aromatic rings. The fourth-order valence-electron chi connectivity index (χ4n) is 1.74. The molecule has 0 aromatic carbocycles. The van der Waals surface area contributed by atoms with Crippen molar-refractivity contribution in [3.8, 4) is 0 Å². The zero-order chi connectivity index (χ0) is 13.6. The number of unbranched alkanes of at least 4 members (excludes halogenated alkanes) is 7. The molecule has 1 atom stereocenters. The van der Waals surface area contributed by atoms with Gasteiger partial charge in [-0.2, -0.15) is 0 Å². The molecule has 2 nitrogen and oxygen atoms in total. The van der Waals surface area contributed by atoms with Gasteiger partial charge in [-0.1, -0.05) is 52.4 Å². The van der Waals surface area contributed by atoms with Crippen LogP contribution in [0.3, 0.4) is 0 Å². The van der Waals surface area contributed by atoms with Crippen LogP contribution in [0.1, 0.15) is 71.6 Å².